The van der Waals surface area contributed by atoms with Crippen molar-refractivity contribution >= 4 is 16.9 Å². The molecule has 0 aliphatic heterocycles. The molecule has 0 spiro atoms. The maximum atomic E-state index is 5.87. The number of hydrogen-bond donors (Lipinski definition) is 1. The van der Waals surface area contributed by atoms with Gasteiger partial charge in [-0.15, -0.1) is 0 Å². The summed E-state index contributed by atoms with van der Waals surface area (Å²) in [7, 11) is 3.77. The number of fused-ring (bicyclic) bond motifs is 1. The molecule has 0 fully saturated rings. The number of furan rings is 1. The van der Waals surface area contributed by atoms with Crippen LogP contribution < -0.4 is 5.32 Å². The van der Waals surface area contributed by atoms with Crippen LogP contribution in [0.15, 0.2) is 39.7 Å². The minimum atomic E-state index is 0.620. The van der Waals surface area contributed by atoms with E-state index in [1.165, 1.54) is 0 Å². The van der Waals surface area contributed by atoms with Crippen molar-refractivity contribution in [3.63, 3.8) is 0 Å². The molecule has 0 amide bonds. The number of ether oxygens (including phenoxy) is 2. The third-order valence-electron chi connectivity index (χ3n) is 3.99. The van der Waals surface area contributed by atoms with Crippen LogP contribution in [0.1, 0.15) is 25.5 Å². The van der Waals surface area contributed by atoms with Crippen LogP contribution >= 0.6 is 0 Å². The molecule has 2 rings (SSSR count). The lowest BCUT2D eigenvalue weighted by atomic mass is 10.2. The van der Waals surface area contributed by atoms with Crippen LogP contribution in [0, 0.1) is 0 Å². The van der Waals surface area contributed by atoms with Gasteiger partial charge >= 0.3 is 0 Å². The number of para-hydroxylation sites is 1. The van der Waals surface area contributed by atoms with Crippen molar-refractivity contribution in [1.29, 1.82) is 0 Å². The highest BCUT2D eigenvalue weighted by Crippen LogP contribution is 2.19. The summed E-state index contributed by atoms with van der Waals surface area (Å²) in [6, 6.07) is 10.1. The zero-order valence-electron chi connectivity index (χ0n) is 16.2. The molecule has 1 heterocycles. The zero-order chi connectivity index (χ0) is 18.6. The smallest absolute Gasteiger partial charge is 0.193 e. The Hall–Kier alpha value is -2.05. The van der Waals surface area contributed by atoms with Crippen molar-refractivity contribution in [2.24, 2.45) is 4.99 Å². The Labute approximate surface area is 156 Å². The van der Waals surface area contributed by atoms with Gasteiger partial charge in [-0.1, -0.05) is 31.5 Å². The van der Waals surface area contributed by atoms with E-state index in [4.69, 9.17) is 13.9 Å². The van der Waals surface area contributed by atoms with Crippen LogP contribution in [0.3, 0.4) is 0 Å². The molecule has 144 valence electrons. The Balaban J connectivity index is 1.66. The summed E-state index contributed by atoms with van der Waals surface area (Å²) in [5.74, 6) is 1.73. The van der Waals surface area contributed by atoms with Gasteiger partial charge in [0, 0.05) is 32.6 Å². The van der Waals surface area contributed by atoms with Crippen molar-refractivity contribution < 1.29 is 13.9 Å². The first-order valence-corrected chi connectivity index (χ1v) is 9.29. The first-order chi connectivity index (χ1) is 12.7. The summed E-state index contributed by atoms with van der Waals surface area (Å²) in [6.07, 6.45) is 2.26. The first-order valence-electron chi connectivity index (χ1n) is 9.29. The molecule has 0 unspecified atom stereocenters. The highest BCUT2D eigenvalue weighted by Gasteiger charge is 2.10. The highest BCUT2D eigenvalue weighted by atomic mass is 16.5. The number of rotatable bonds is 11. The number of benzene rings is 1. The molecule has 1 N–H and O–H groups in total. The van der Waals surface area contributed by atoms with Crippen molar-refractivity contribution in [1.82, 2.24) is 10.2 Å². The molecule has 6 heteroatoms. The lowest BCUT2D eigenvalue weighted by Crippen LogP contribution is -2.39. The monoisotopic (exact) mass is 361 g/mol. The van der Waals surface area contributed by atoms with Gasteiger partial charge in [-0.05, 0) is 18.6 Å². The van der Waals surface area contributed by atoms with E-state index >= 15 is 0 Å². The molecule has 0 saturated heterocycles. The number of aliphatic imine (C=N–C) groups is 1. The minimum Gasteiger partial charge on any atom is -0.459 e. The summed E-state index contributed by atoms with van der Waals surface area (Å²) < 4.78 is 16.9. The summed E-state index contributed by atoms with van der Waals surface area (Å²) in [5, 5.41) is 4.42. The Morgan fingerprint density at radius 1 is 1.15 bits per heavy atom. The van der Waals surface area contributed by atoms with E-state index in [0.29, 0.717) is 32.9 Å². The number of unbranched alkanes of at least 4 members (excludes halogenated alkanes) is 1. The molecular weight excluding hydrogens is 330 g/mol. The van der Waals surface area contributed by atoms with E-state index in [1.54, 1.807) is 7.05 Å². The molecule has 0 aliphatic carbocycles. The van der Waals surface area contributed by atoms with Crippen LogP contribution in [0.25, 0.3) is 11.0 Å². The van der Waals surface area contributed by atoms with Crippen LogP contribution in [-0.4, -0.2) is 57.9 Å². The molecule has 1 aromatic heterocycles. The molecule has 0 bridgehead atoms. The van der Waals surface area contributed by atoms with Gasteiger partial charge in [0.05, 0.1) is 26.4 Å². The van der Waals surface area contributed by atoms with Crippen molar-refractivity contribution in [2.45, 2.75) is 26.3 Å². The topological polar surface area (TPSA) is 59.2 Å². The van der Waals surface area contributed by atoms with Gasteiger partial charge in [0.2, 0.25) is 0 Å². The van der Waals surface area contributed by atoms with Gasteiger partial charge in [-0.25, -0.2) is 0 Å². The summed E-state index contributed by atoms with van der Waals surface area (Å²) in [5.41, 5.74) is 0.911. The second kappa shape index (κ2) is 11.5. The zero-order valence-corrected chi connectivity index (χ0v) is 16.2. The van der Waals surface area contributed by atoms with Crippen LogP contribution in [0.4, 0.5) is 0 Å². The Morgan fingerprint density at radius 3 is 2.65 bits per heavy atom. The van der Waals surface area contributed by atoms with E-state index in [2.05, 4.69) is 29.4 Å². The second-order valence-corrected chi connectivity index (χ2v) is 6.16. The molecule has 26 heavy (non-hydrogen) atoms. The maximum Gasteiger partial charge on any atom is 0.193 e. The third kappa shape index (κ3) is 6.69. The maximum absolute atomic E-state index is 5.87. The Kier molecular flexibility index (Phi) is 9.00. The van der Waals surface area contributed by atoms with Gasteiger partial charge < -0.3 is 24.1 Å². The number of nitrogens with zero attached hydrogens (tertiary/aromatic N) is 2. The predicted molar refractivity (Wildman–Crippen MR) is 106 cm³/mol. The van der Waals surface area contributed by atoms with E-state index in [1.807, 2.05) is 30.1 Å². The Morgan fingerprint density at radius 2 is 1.92 bits per heavy atom. The fourth-order valence-corrected chi connectivity index (χ4v) is 2.61. The second-order valence-electron chi connectivity index (χ2n) is 6.16. The summed E-state index contributed by atoms with van der Waals surface area (Å²) in [4.78, 5) is 6.35. The van der Waals surface area contributed by atoms with E-state index in [0.717, 1.165) is 42.1 Å². The SMILES string of the molecule is CCCCOCCOCCNC(=NC)N(C)Cc1cc2ccccc2o1. The van der Waals surface area contributed by atoms with Gasteiger partial charge in [-0.3, -0.25) is 4.99 Å². The lowest BCUT2D eigenvalue weighted by molar-refractivity contribution is 0.0486. The van der Waals surface area contributed by atoms with E-state index < -0.39 is 0 Å². The number of guanidine groups is 1. The average molecular weight is 361 g/mol. The fraction of sp³-hybridized carbons (Fsp3) is 0.550. The Bertz CT molecular complexity index is 636. The molecule has 0 saturated carbocycles. The highest BCUT2D eigenvalue weighted by molar-refractivity contribution is 5.80. The lowest BCUT2D eigenvalue weighted by Gasteiger charge is -2.21. The quantitative estimate of drug-likeness (QED) is 0.378. The van der Waals surface area contributed by atoms with Crippen molar-refractivity contribution in [2.75, 3.05) is 47.1 Å². The molecule has 0 atom stereocenters. The van der Waals surface area contributed by atoms with Crippen molar-refractivity contribution in [3.8, 4) is 0 Å². The van der Waals surface area contributed by atoms with Crippen LogP contribution in [-0.2, 0) is 16.0 Å². The van der Waals surface area contributed by atoms with Gasteiger partial charge in [0.1, 0.15) is 11.3 Å². The average Bonchev–Trinajstić information content (AvgIpc) is 3.05. The molecule has 2 aromatic rings. The van der Waals surface area contributed by atoms with Gasteiger partial charge in [0.25, 0.3) is 0 Å². The van der Waals surface area contributed by atoms with E-state index in [9.17, 15) is 0 Å². The summed E-state index contributed by atoms with van der Waals surface area (Å²) >= 11 is 0. The molecule has 0 radical (unpaired) electrons. The van der Waals surface area contributed by atoms with Gasteiger partial charge in [0.15, 0.2) is 5.96 Å². The normalized spacial score (nSPS) is 11.9. The van der Waals surface area contributed by atoms with Crippen LogP contribution in [0.2, 0.25) is 0 Å². The van der Waals surface area contributed by atoms with Gasteiger partial charge in [-0.2, -0.15) is 0 Å². The van der Waals surface area contributed by atoms with Crippen LogP contribution in [0.5, 0.6) is 0 Å². The number of nitrogens with one attached hydrogen (secondary N) is 1. The summed E-state index contributed by atoms with van der Waals surface area (Å²) in [6.45, 7) is 6.22. The number of hydrogen-bond acceptors (Lipinski definition) is 4. The first kappa shape index (κ1) is 20.3. The van der Waals surface area contributed by atoms with Crippen molar-refractivity contribution in [3.05, 3.63) is 36.1 Å². The third-order valence-corrected chi connectivity index (χ3v) is 3.99. The molecular formula is C20H31N3O3. The molecule has 0 aliphatic rings. The standard InChI is InChI=1S/C20H31N3O3/c1-4-5-11-24-13-14-25-12-10-22-20(21-2)23(3)16-18-15-17-8-6-7-9-19(17)26-18/h6-9,15H,4-5,10-14,16H2,1-3H3,(H,21,22). The minimum absolute atomic E-state index is 0.620. The molecule has 6 nitrogen and oxygen atoms in total. The predicted octanol–water partition coefficient (Wildman–Crippen LogP) is 3.27. The van der Waals surface area contributed by atoms with E-state index in [-0.39, 0.29) is 0 Å². The largest absolute Gasteiger partial charge is 0.459 e. The molecule has 1 aromatic carbocycles. The fourth-order valence-electron chi connectivity index (χ4n) is 2.61.